The highest BCUT2D eigenvalue weighted by Gasteiger charge is 2.30. The maximum atomic E-state index is 13.0. The number of aromatic amines is 1. The number of amides is 1. The van der Waals surface area contributed by atoms with Crippen LogP contribution in [-0.4, -0.2) is 80.9 Å². The first kappa shape index (κ1) is 19.9. The van der Waals surface area contributed by atoms with Gasteiger partial charge in [0.2, 0.25) is 5.91 Å². The van der Waals surface area contributed by atoms with E-state index in [9.17, 15) is 4.79 Å². The highest BCUT2D eigenvalue weighted by molar-refractivity contribution is 5.89. The van der Waals surface area contributed by atoms with Crippen LogP contribution >= 0.6 is 0 Å². The lowest BCUT2D eigenvalue weighted by Gasteiger charge is -2.43. The van der Waals surface area contributed by atoms with Gasteiger partial charge in [0.1, 0.15) is 6.33 Å². The van der Waals surface area contributed by atoms with Crippen molar-refractivity contribution in [3.63, 3.8) is 0 Å². The van der Waals surface area contributed by atoms with E-state index in [1.54, 1.807) is 6.33 Å². The summed E-state index contributed by atoms with van der Waals surface area (Å²) in [5.74, 6) is 0.282. The minimum atomic E-state index is 0.282. The number of nitrogens with zero attached hydrogens (tertiary/aromatic N) is 5. The summed E-state index contributed by atoms with van der Waals surface area (Å²) in [5, 5.41) is 1.29. The molecule has 0 spiro atoms. The fourth-order valence-corrected chi connectivity index (χ4v) is 5.45. The Labute approximate surface area is 188 Å². The van der Waals surface area contributed by atoms with Gasteiger partial charge >= 0.3 is 0 Å². The first-order valence-corrected chi connectivity index (χ1v) is 11.9. The molecule has 166 valence electrons. The van der Waals surface area contributed by atoms with Crippen molar-refractivity contribution in [1.82, 2.24) is 29.7 Å². The molecule has 1 N–H and O–H groups in total. The predicted molar refractivity (Wildman–Crippen MR) is 124 cm³/mol. The zero-order valence-corrected chi connectivity index (χ0v) is 18.5. The highest BCUT2D eigenvalue weighted by Crippen LogP contribution is 2.31. The van der Waals surface area contributed by atoms with E-state index in [0.717, 1.165) is 68.4 Å². The Morgan fingerprint density at radius 3 is 2.59 bits per heavy atom. The molecule has 1 amide bonds. The minimum Gasteiger partial charge on any atom is -0.357 e. The Balaban J connectivity index is 1.11. The number of hydrogen-bond donors (Lipinski definition) is 1. The number of piperazine rings is 1. The largest absolute Gasteiger partial charge is 0.357 e. The zero-order chi connectivity index (χ0) is 21.5. The van der Waals surface area contributed by atoms with Gasteiger partial charge in [0.25, 0.3) is 0 Å². The standard InChI is InChI=1S/C25H30N6O/c32-25(31-10-8-30(9-11-31)20-2-1-3-20)16-29-7-6-22-21-5-4-18(19-13-26-17-27-14-19)12-23(21)28-24(22)15-29/h4-5,12-14,17,20,28H,1-3,6-11,15-16H2. The summed E-state index contributed by atoms with van der Waals surface area (Å²) < 4.78 is 0. The Bertz CT molecular complexity index is 1110. The average molecular weight is 431 g/mol. The molecule has 0 unspecified atom stereocenters. The first-order valence-electron chi connectivity index (χ1n) is 11.9. The second kappa shape index (κ2) is 8.30. The molecule has 2 fully saturated rings. The molecule has 7 nitrogen and oxygen atoms in total. The van der Waals surface area contributed by atoms with E-state index < -0.39 is 0 Å². The molecule has 1 saturated heterocycles. The lowest BCUT2D eigenvalue weighted by molar-refractivity contribution is -0.135. The van der Waals surface area contributed by atoms with Gasteiger partial charge < -0.3 is 9.88 Å². The van der Waals surface area contributed by atoms with E-state index in [4.69, 9.17) is 0 Å². The molecule has 2 aromatic heterocycles. The molecule has 4 heterocycles. The van der Waals surface area contributed by atoms with Gasteiger partial charge in [-0.25, -0.2) is 9.97 Å². The van der Waals surface area contributed by atoms with Crippen LogP contribution in [0.1, 0.15) is 30.5 Å². The Morgan fingerprint density at radius 1 is 1.03 bits per heavy atom. The van der Waals surface area contributed by atoms with Crippen LogP contribution in [0.25, 0.3) is 22.0 Å². The summed E-state index contributed by atoms with van der Waals surface area (Å²) in [6, 6.07) is 7.32. The Kier molecular flexibility index (Phi) is 5.15. The number of carbonyl (C=O) groups is 1. The predicted octanol–water partition coefficient (Wildman–Crippen LogP) is 2.68. The number of nitrogens with one attached hydrogen (secondary N) is 1. The van der Waals surface area contributed by atoms with E-state index in [0.29, 0.717) is 6.54 Å². The molecular formula is C25H30N6O. The van der Waals surface area contributed by atoms with E-state index in [-0.39, 0.29) is 5.91 Å². The number of hydrogen-bond acceptors (Lipinski definition) is 5. The van der Waals surface area contributed by atoms with Crippen LogP contribution in [0.3, 0.4) is 0 Å². The molecule has 0 atom stereocenters. The highest BCUT2D eigenvalue weighted by atomic mass is 16.2. The summed E-state index contributed by atoms with van der Waals surface area (Å²) in [5.41, 5.74) is 5.93. The van der Waals surface area contributed by atoms with Crippen molar-refractivity contribution >= 4 is 16.8 Å². The fourth-order valence-electron chi connectivity index (χ4n) is 5.45. The van der Waals surface area contributed by atoms with Gasteiger partial charge in [-0.1, -0.05) is 18.6 Å². The number of rotatable bonds is 4. The number of carbonyl (C=O) groups excluding carboxylic acids is 1. The molecule has 2 aliphatic heterocycles. The van der Waals surface area contributed by atoms with Crippen LogP contribution in [0, 0.1) is 0 Å². The van der Waals surface area contributed by atoms with Gasteiger partial charge in [-0.3, -0.25) is 14.6 Å². The molecule has 6 rings (SSSR count). The topological polar surface area (TPSA) is 68.4 Å². The number of benzene rings is 1. The molecule has 7 heteroatoms. The lowest BCUT2D eigenvalue weighted by atomic mass is 9.91. The van der Waals surface area contributed by atoms with Crippen molar-refractivity contribution in [2.45, 2.75) is 38.3 Å². The third-order valence-corrected chi connectivity index (χ3v) is 7.57. The summed E-state index contributed by atoms with van der Waals surface area (Å²) >= 11 is 0. The second-order valence-corrected chi connectivity index (χ2v) is 9.43. The third-order valence-electron chi connectivity index (χ3n) is 7.57. The number of H-pyrrole nitrogens is 1. The van der Waals surface area contributed by atoms with Crippen LogP contribution in [0.4, 0.5) is 0 Å². The fraction of sp³-hybridized carbons (Fsp3) is 0.480. The van der Waals surface area contributed by atoms with Gasteiger partial charge in [-0.15, -0.1) is 0 Å². The Hall–Kier alpha value is -2.77. The zero-order valence-electron chi connectivity index (χ0n) is 18.5. The molecule has 32 heavy (non-hydrogen) atoms. The molecule has 3 aromatic rings. The van der Waals surface area contributed by atoms with Gasteiger partial charge in [0, 0.05) is 79.9 Å². The van der Waals surface area contributed by atoms with Crippen molar-refractivity contribution < 1.29 is 4.79 Å². The monoisotopic (exact) mass is 430 g/mol. The van der Waals surface area contributed by atoms with Crippen LogP contribution in [0.5, 0.6) is 0 Å². The van der Waals surface area contributed by atoms with Crippen molar-refractivity contribution in [3.05, 3.63) is 48.2 Å². The van der Waals surface area contributed by atoms with Gasteiger partial charge in [0.05, 0.1) is 6.54 Å². The van der Waals surface area contributed by atoms with Crippen LogP contribution in [-0.2, 0) is 17.8 Å². The van der Waals surface area contributed by atoms with Gasteiger partial charge in [0.15, 0.2) is 0 Å². The van der Waals surface area contributed by atoms with Crippen molar-refractivity contribution in [1.29, 1.82) is 0 Å². The van der Waals surface area contributed by atoms with Crippen LogP contribution in [0.15, 0.2) is 36.9 Å². The number of aromatic nitrogens is 3. The molecule has 1 saturated carbocycles. The molecule has 0 bridgehead atoms. The molecular weight excluding hydrogens is 400 g/mol. The molecule has 0 radical (unpaired) electrons. The second-order valence-electron chi connectivity index (χ2n) is 9.43. The van der Waals surface area contributed by atoms with Gasteiger partial charge in [-0.05, 0) is 36.5 Å². The first-order chi connectivity index (χ1) is 15.7. The normalized spacial score (nSPS) is 20.3. The van der Waals surface area contributed by atoms with E-state index in [1.807, 2.05) is 12.4 Å². The quantitative estimate of drug-likeness (QED) is 0.689. The average Bonchev–Trinajstić information content (AvgIpc) is 3.16. The van der Waals surface area contributed by atoms with Crippen molar-refractivity contribution in [2.75, 3.05) is 39.3 Å². The van der Waals surface area contributed by atoms with Crippen molar-refractivity contribution in [3.8, 4) is 11.1 Å². The molecule has 1 aromatic carbocycles. The summed E-state index contributed by atoms with van der Waals surface area (Å²) in [6.45, 7) is 6.10. The molecule has 1 aliphatic carbocycles. The van der Waals surface area contributed by atoms with Crippen molar-refractivity contribution in [2.24, 2.45) is 0 Å². The Morgan fingerprint density at radius 2 is 1.84 bits per heavy atom. The van der Waals surface area contributed by atoms with E-state index in [1.165, 1.54) is 35.9 Å². The number of fused-ring (bicyclic) bond motifs is 3. The third kappa shape index (κ3) is 3.69. The summed E-state index contributed by atoms with van der Waals surface area (Å²) in [6.07, 6.45) is 10.3. The lowest BCUT2D eigenvalue weighted by Crippen LogP contribution is -2.55. The summed E-state index contributed by atoms with van der Waals surface area (Å²) in [4.78, 5) is 31.8. The smallest absolute Gasteiger partial charge is 0.236 e. The minimum absolute atomic E-state index is 0.282. The van der Waals surface area contributed by atoms with Crippen LogP contribution in [0.2, 0.25) is 0 Å². The maximum Gasteiger partial charge on any atom is 0.236 e. The van der Waals surface area contributed by atoms with Crippen LogP contribution < -0.4 is 0 Å². The maximum absolute atomic E-state index is 13.0. The SMILES string of the molecule is O=C(CN1CCc2c([nH]c3cc(-c4cncnc4)ccc23)C1)N1CCN(C2CCC2)CC1. The van der Waals surface area contributed by atoms with Gasteiger partial charge in [-0.2, -0.15) is 0 Å². The van der Waals surface area contributed by atoms with E-state index in [2.05, 4.69) is 47.9 Å². The van der Waals surface area contributed by atoms with E-state index >= 15 is 0 Å². The molecule has 3 aliphatic rings. The summed E-state index contributed by atoms with van der Waals surface area (Å²) in [7, 11) is 0.